The van der Waals surface area contributed by atoms with Gasteiger partial charge in [0.2, 0.25) is 0 Å². The van der Waals surface area contributed by atoms with Gasteiger partial charge >= 0.3 is 0 Å². The van der Waals surface area contributed by atoms with Gasteiger partial charge in [0.1, 0.15) is 0 Å². The van der Waals surface area contributed by atoms with Crippen LogP contribution in [0, 0.1) is 5.92 Å². The van der Waals surface area contributed by atoms with Crippen LogP contribution in [0.25, 0.3) is 0 Å². The average Bonchev–Trinajstić information content (AvgIpc) is 1.96. The van der Waals surface area contributed by atoms with Crippen LogP contribution in [0.2, 0.25) is 0 Å². The van der Waals surface area contributed by atoms with E-state index in [-0.39, 0.29) is 0 Å². The molecule has 0 heterocycles. The maximum atomic E-state index is 5.77. The summed E-state index contributed by atoms with van der Waals surface area (Å²) >= 11 is 0. The highest BCUT2D eigenvalue weighted by atomic mass is 15.1. The Kier molecular flexibility index (Phi) is 4.02. The van der Waals surface area contributed by atoms with Crippen molar-refractivity contribution in [2.75, 3.05) is 20.1 Å². The van der Waals surface area contributed by atoms with Crippen molar-refractivity contribution in [3.05, 3.63) is 0 Å². The molecule has 2 nitrogen and oxygen atoms in total. The number of nitrogens with zero attached hydrogens (tertiary/aromatic N) is 1. The number of rotatable bonds is 5. The van der Waals surface area contributed by atoms with E-state index in [1.807, 2.05) is 0 Å². The van der Waals surface area contributed by atoms with E-state index in [1.165, 1.54) is 32.2 Å². The summed E-state index contributed by atoms with van der Waals surface area (Å²) in [6, 6.07) is 0.652. The minimum atomic E-state index is 0.652. The average molecular weight is 170 g/mol. The standard InChI is InChI=1S/C10H22N2/c1-3-7-12(2)10(8-11)9-5-4-6-9/h9-10H,3-8,11H2,1-2H3. The first kappa shape index (κ1) is 10.0. The molecule has 12 heavy (non-hydrogen) atoms. The van der Waals surface area contributed by atoms with Gasteiger partial charge in [0.15, 0.2) is 0 Å². The first-order valence-electron chi connectivity index (χ1n) is 5.20. The second-order valence-corrected chi connectivity index (χ2v) is 3.97. The maximum Gasteiger partial charge on any atom is 0.0243 e. The molecule has 0 bridgehead atoms. The van der Waals surface area contributed by atoms with Crippen molar-refractivity contribution >= 4 is 0 Å². The van der Waals surface area contributed by atoms with Crippen LogP contribution in [0.4, 0.5) is 0 Å². The van der Waals surface area contributed by atoms with Crippen LogP contribution in [0.1, 0.15) is 32.6 Å². The van der Waals surface area contributed by atoms with Crippen molar-refractivity contribution in [1.29, 1.82) is 0 Å². The minimum Gasteiger partial charge on any atom is -0.329 e. The monoisotopic (exact) mass is 170 g/mol. The van der Waals surface area contributed by atoms with Crippen LogP contribution in [-0.2, 0) is 0 Å². The van der Waals surface area contributed by atoms with Crippen molar-refractivity contribution in [3.8, 4) is 0 Å². The Labute approximate surface area is 76.1 Å². The first-order valence-corrected chi connectivity index (χ1v) is 5.20. The summed E-state index contributed by atoms with van der Waals surface area (Å²) in [5, 5.41) is 0. The molecule has 0 aromatic rings. The summed E-state index contributed by atoms with van der Waals surface area (Å²) in [4.78, 5) is 2.43. The van der Waals surface area contributed by atoms with Gasteiger partial charge in [-0.2, -0.15) is 0 Å². The van der Waals surface area contributed by atoms with Crippen molar-refractivity contribution in [1.82, 2.24) is 4.90 Å². The molecule has 0 aromatic heterocycles. The van der Waals surface area contributed by atoms with Crippen molar-refractivity contribution in [2.45, 2.75) is 38.6 Å². The molecule has 2 heteroatoms. The summed E-state index contributed by atoms with van der Waals surface area (Å²) in [6.45, 7) is 4.25. The summed E-state index contributed by atoms with van der Waals surface area (Å²) in [5.74, 6) is 0.895. The molecule has 0 radical (unpaired) electrons. The molecule has 2 N–H and O–H groups in total. The highest BCUT2D eigenvalue weighted by molar-refractivity contribution is 4.84. The van der Waals surface area contributed by atoms with E-state index in [1.54, 1.807) is 0 Å². The summed E-state index contributed by atoms with van der Waals surface area (Å²) in [6.07, 6.45) is 5.45. The Balaban J connectivity index is 2.31. The Morgan fingerprint density at radius 3 is 2.50 bits per heavy atom. The Hall–Kier alpha value is -0.0800. The van der Waals surface area contributed by atoms with Crippen LogP contribution in [-0.4, -0.2) is 31.1 Å². The third kappa shape index (κ3) is 2.20. The molecule has 1 aliphatic carbocycles. The minimum absolute atomic E-state index is 0.652. The normalized spacial score (nSPS) is 21.0. The number of nitrogens with two attached hydrogens (primary N) is 1. The van der Waals surface area contributed by atoms with Crippen LogP contribution < -0.4 is 5.73 Å². The number of hydrogen-bond acceptors (Lipinski definition) is 2. The quantitative estimate of drug-likeness (QED) is 0.677. The lowest BCUT2D eigenvalue weighted by Crippen LogP contribution is -2.46. The van der Waals surface area contributed by atoms with Gasteiger partial charge in [0, 0.05) is 12.6 Å². The fraction of sp³-hybridized carbons (Fsp3) is 1.00. The lowest BCUT2D eigenvalue weighted by Gasteiger charge is -2.38. The predicted molar refractivity (Wildman–Crippen MR) is 53.1 cm³/mol. The second kappa shape index (κ2) is 4.83. The molecule has 1 unspecified atom stereocenters. The molecule has 0 saturated heterocycles. The molecular formula is C10H22N2. The molecule has 0 aromatic carbocycles. The van der Waals surface area contributed by atoms with Gasteiger partial charge < -0.3 is 10.6 Å². The third-order valence-electron chi connectivity index (χ3n) is 3.08. The van der Waals surface area contributed by atoms with E-state index in [0.717, 1.165) is 12.5 Å². The second-order valence-electron chi connectivity index (χ2n) is 3.97. The molecule has 1 atom stereocenters. The molecule has 0 aliphatic heterocycles. The van der Waals surface area contributed by atoms with E-state index >= 15 is 0 Å². The lowest BCUT2D eigenvalue weighted by molar-refractivity contribution is 0.124. The predicted octanol–water partition coefficient (Wildman–Crippen LogP) is 1.46. The van der Waals surface area contributed by atoms with Crippen LogP contribution in [0.15, 0.2) is 0 Å². The fourth-order valence-electron chi connectivity index (χ4n) is 2.08. The van der Waals surface area contributed by atoms with Gasteiger partial charge in [-0.15, -0.1) is 0 Å². The molecule has 0 amide bonds. The molecule has 1 saturated carbocycles. The van der Waals surface area contributed by atoms with Crippen molar-refractivity contribution < 1.29 is 0 Å². The van der Waals surface area contributed by atoms with E-state index in [0.29, 0.717) is 6.04 Å². The fourth-order valence-corrected chi connectivity index (χ4v) is 2.08. The van der Waals surface area contributed by atoms with Gasteiger partial charge in [-0.3, -0.25) is 0 Å². The SMILES string of the molecule is CCCN(C)C(CN)C1CCC1. The first-order chi connectivity index (χ1) is 5.79. The van der Waals surface area contributed by atoms with Crippen molar-refractivity contribution in [3.63, 3.8) is 0 Å². The molecule has 1 rings (SSSR count). The van der Waals surface area contributed by atoms with Crippen LogP contribution in [0.5, 0.6) is 0 Å². The molecule has 1 fully saturated rings. The largest absolute Gasteiger partial charge is 0.329 e. The van der Waals surface area contributed by atoms with Crippen molar-refractivity contribution in [2.24, 2.45) is 11.7 Å². The zero-order valence-corrected chi connectivity index (χ0v) is 8.42. The summed E-state index contributed by atoms with van der Waals surface area (Å²) in [5.41, 5.74) is 5.77. The Bertz CT molecular complexity index is 121. The van der Waals surface area contributed by atoms with Crippen LogP contribution >= 0.6 is 0 Å². The molecule has 72 valence electrons. The lowest BCUT2D eigenvalue weighted by atomic mass is 9.79. The van der Waals surface area contributed by atoms with Gasteiger partial charge in [0.25, 0.3) is 0 Å². The Morgan fingerprint density at radius 1 is 1.50 bits per heavy atom. The summed E-state index contributed by atoms with van der Waals surface area (Å²) < 4.78 is 0. The molecule has 1 aliphatic rings. The topological polar surface area (TPSA) is 29.3 Å². The smallest absolute Gasteiger partial charge is 0.0243 e. The van der Waals surface area contributed by atoms with Gasteiger partial charge in [0.05, 0.1) is 0 Å². The zero-order valence-electron chi connectivity index (χ0n) is 8.42. The maximum absolute atomic E-state index is 5.77. The number of hydrogen-bond donors (Lipinski definition) is 1. The Morgan fingerprint density at radius 2 is 2.17 bits per heavy atom. The van der Waals surface area contributed by atoms with E-state index in [4.69, 9.17) is 5.73 Å². The third-order valence-corrected chi connectivity index (χ3v) is 3.08. The van der Waals surface area contributed by atoms with E-state index in [2.05, 4.69) is 18.9 Å². The van der Waals surface area contributed by atoms with Gasteiger partial charge in [-0.1, -0.05) is 13.3 Å². The van der Waals surface area contributed by atoms with Gasteiger partial charge in [-0.25, -0.2) is 0 Å². The van der Waals surface area contributed by atoms with Gasteiger partial charge in [-0.05, 0) is 38.8 Å². The van der Waals surface area contributed by atoms with E-state index < -0.39 is 0 Å². The zero-order chi connectivity index (χ0) is 8.97. The summed E-state index contributed by atoms with van der Waals surface area (Å²) in [7, 11) is 2.21. The highest BCUT2D eigenvalue weighted by Crippen LogP contribution is 2.31. The molecule has 0 spiro atoms. The highest BCUT2D eigenvalue weighted by Gasteiger charge is 2.28. The van der Waals surface area contributed by atoms with E-state index in [9.17, 15) is 0 Å². The molecular weight excluding hydrogens is 148 g/mol. The van der Waals surface area contributed by atoms with Crippen LogP contribution in [0.3, 0.4) is 0 Å². The number of likely N-dealkylation sites (N-methyl/N-ethyl adjacent to an activating group) is 1.